The molecule has 1 aromatic rings. The summed E-state index contributed by atoms with van der Waals surface area (Å²) in [4.78, 5) is 12.9. The number of hydrogen-bond donors (Lipinski definition) is 1. The van der Waals surface area contributed by atoms with E-state index in [9.17, 15) is 4.79 Å². The largest absolute Gasteiger partial charge is 0.379 e. The van der Waals surface area contributed by atoms with Crippen LogP contribution in [-0.4, -0.2) is 38.4 Å². The Balaban J connectivity index is 2.12. The standard InChI is InChI=1S/C13H20ClNO3S/c1-3-17-8-9-18-10(2)13(16)15-7-6-11-4-5-12(14)19-11/h4-5,10H,3,6-9H2,1-2H3,(H,15,16). The van der Waals surface area contributed by atoms with Crippen molar-refractivity contribution in [2.24, 2.45) is 0 Å². The van der Waals surface area contributed by atoms with Gasteiger partial charge in [0.05, 0.1) is 17.6 Å². The molecule has 108 valence electrons. The number of nitrogens with one attached hydrogen (secondary N) is 1. The summed E-state index contributed by atoms with van der Waals surface area (Å²) in [5, 5.41) is 2.84. The van der Waals surface area contributed by atoms with Crippen molar-refractivity contribution in [3.63, 3.8) is 0 Å². The van der Waals surface area contributed by atoms with Crippen molar-refractivity contribution in [2.75, 3.05) is 26.4 Å². The average molecular weight is 306 g/mol. The topological polar surface area (TPSA) is 47.6 Å². The van der Waals surface area contributed by atoms with Gasteiger partial charge in [0.25, 0.3) is 0 Å². The molecule has 1 rings (SSSR count). The SMILES string of the molecule is CCOCCOC(C)C(=O)NCCc1ccc(Cl)s1. The summed E-state index contributed by atoms with van der Waals surface area (Å²) in [5.41, 5.74) is 0. The first-order chi connectivity index (χ1) is 9.13. The zero-order valence-corrected chi connectivity index (χ0v) is 12.9. The van der Waals surface area contributed by atoms with E-state index in [4.69, 9.17) is 21.1 Å². The Morgan fingerprint density at radius 1 is 1.47 bits per heavy atom. The average Bonchev–Trinajstić information content (AvgIpc) is 2.80. The van der Waals surface area contributed by atoms with Crippen molar-refractivity contribution in [2.45, 2.75) is 26.4 Å². The molecule has 0 radical (unpaired) electrons. The third-order valence-corrected chi connectivity index (χ3v) is 3.76. The van der Waals surface area contributed by atoms with Gasteiger partial charge in [0.2, 0.25) is 5.91 Å². The molecular weight excluding hydrogens is 286 g/mol. The molecule has 6 heteroatoms. The zero-order valence-electron chi connectivity index (χ0n) is 11.3. The number of ether oxygens (including phenoxy) is 2. The summed E-state index contributed by atoms with van der Waals surface area (Å²) in [5.74, 6) is -0.0980. The Hall–Kier alpha value is -0.620. The molecule has 0 fully saturated rings. The first kappa shape index (κ1) is 16.4. The number of amides is 1. The summed E-state index contributed by atoms with van der Waals surface area (Å²) in [6.45, 7) is 5.86. The molecule has 0 aliphatic heterocycles. The second-order valence-corrected chi connectivity index (χ2v) is 5.76. The van der Waals surface area contributed by atoms with Crippen molar-refractivity contribution in [3.05, 3.63) is 21.3 Å². The highest BCUT2D eigenvalue weighted by Gasteiger charge is 2.12. The molecule has 0 saturated heterocycles. The van der Waals surface area contributed by atoms with Crippen LogP contribution in [0.5, 0.6) is 0 Å². The van der Waals surface area contributed by atoms with Gasteiger partial charge in [-0.1, -0.05) is 11.6 Å². The van der Waals surface area contributed by atoms with Crippen molar-refractivity contribution in [3.8, 4) is 0 Å². The number of carbonyl (C=O) groups is 1. The Labute approximate surface area is 123 Å². The van der Waals surface area contributed by atoms with Gasteiger partial charge in [-0.2, -0.15) is 0 Å². The minimum absolute atomic E-state index is 0.0980. The molecule has 4 nitrogen and oxygen atoms in total. The Bertz CT molecular complexity index is 384. The number of rotatable bonds is 9. The number of hydrogen-bond acceptors (Lipinski definition) is 4. The summed E-state index contributed by atoms with van der Waals surface area (Å²) in [6, 6.07) is 3.84. The quantitative estimate of drug-likeness (QED) is 0.713. The van der Waals surface area contributed by atoms with E-state index < -0.39 is 6.10 Å². The third kappa shape index (κ3) is 6.92. The maximum atomic E-state index is 11.7. The molecule has 0 bridgehead atoms. The van der Waals surface area contributed by atoms with E-state index in [0.29, 0.717) is 26.4 Å². The molecule has 0 spiro atoms. The van der Waals surface area contributed by atoms with Crippen molar-refractivity contribution in [1.29, 1.82) is 0 Å². The molecule has 0 saturated carbocycles. The van der Waals surface area contributed by atoms with Crippen LogP contribution in [0.25, 0.3) is 0 Å². The molecule has 19 heavy (non-hydrogen) atoms. The van der Waals surface area contributed by atoms with Gasteiger partial charge in [0.15, 0.2) is 0 Å². The van der Waals surface area contributed by atoms with Gasteiger partial charge in [-0.3, -0.25) is 4.79 Å². The van der Waals surface area contributed by atoms with Gasteiger partial charge in [0, 0.05) is 18.0 Å². The zero-order chi connectivity index (χ0) is 14.1. The van der Waals surface area contributed by atoms with Crippen LogP contribution in [0.4, 0.5) is 0 Å². The monoisotopic (exact) mass is 305 g/mol. The highest BCUT2D eigenvalue weighted by Crippen LogP contribution is 2.21. The molecule has 0 aliphatic carbocycles. The summed E-state index contributed by atoms with van der Waals surface area (Å²) >= 11 is 7.37. The van der Waals surface area contributed by atoms with Crippen LogP contribution >= 0.6 is 22.9 Å². The van der Waals surface area contributed by atoms with Gasteiger partial charge < -0.3 is 14.8 Å². The second-order valence-electron chi connectivity index (χ2n) is 3.96. The first-order valence-electron chi connectivity index (χ1n) is 6.34. The van der Waals surface area contributed by atoms with Gasteiger partial charge in [-0.15, -0.1) is 11.3 Å². The number of carbonyl (C=O) groups excluding carboxylic acids is 1. The number of thiophene rings is 1. The lowest BCUT2D eigenvalue weighted by atomic mass is 10.3. The lowest BCUT2D eigenvalue weighted by Crippen LogP contribution is -2.36. The minimum atomic E-state index is -0.452. The van der Waals surface area contributed by atoms with Gasteiger partial charge in [-0.25, -0.2) is 0 Å². The molecule has 1 unspecified atom stereocenters. The normalized spacial score (nSPS) is 12.4. The van der Waals surface area contributed by atoms with Crippen LogP contribution in [0.3, 0.4) is 0 Å². The molecule has 1 amide bonds. The molecule has 1 N–H and O–H groups in total. The molecule has 1 atom stereocenters. The van der Waals surface area contributed by atoms with Crippen LogP contribution in [0.1, 0.15) is 18.7 Å². The van der Waals surface area contributed by atoms with Crippen LogP contribution in [0.2, 0.25) is 4.34 Å². The van der Waals surface area contributed by atoms with E-state index in [-0.39, 0.29) is 5.91 Å². The van der Waals surface area contributed by atoms with E-state index in [1.807, 2.05) is 19.1 Å². The van der Waals surface area contributed by atoms with E-state index in [0.717, 1.165) is 15.6 Å². The van der Waals surface area contributed by atoms with E-state index >= 15 is 0 Å². The van der Waals surface area contributed by atoms with Crippen LogP contribution in [0, 0.1) is 0 Å². The predicted molar refractivity (Wildman–Crippen MR) is 77.9 cm³/mol. The molecule has 1 aromatic heterocycles. The molecule has 0 aromatic carbocycles. The molecule has 0 aliphatic rings. The summed E-state index contributed by atoms with van der Waals surface area (Å²) in [6.07, 6.45) is 0.335. The summed E-state index contributed by atoms with van der Waals surface area (Å²) in [7, 11) is 0. The lowest BCUT2D eigenvalue weighted by molar-refractivity contribution is -0.132. The third-order valence-electron chi connectivity index (χ3n) is 2.47. The Morgan fingerprint density at radius 2 is 2.26 bits per heavy atom. The smallest absolute Gasteiger partial charge is 0.248 e. The summed E-state index contributed by atoms with van der Waals surface area (Å²) < 4.78 is 11.3. The fourth-order valence-electron chi connectivity index (χ4n) is 1.44. The molecular formula is C13H20ClNO3S. The fraction of sp³-hybridized carbons (Fsp3) is 0.615. The van der Waals surface area contributed by atoms with E-state index in [1.165, 1.54) is 11.3 Å². The van der Waals surface area contributed by atoms with Gasteiger partial charge in [0.1, 0.15) is 6.10 Å². The second kappa shape index (κ2) is 9.31. The lowest BCUT2D eigenvalue weighted by Gasteiger charge is -2.13. The van der Waals surface area contributed by atoms with Crippen molar-refractivity contribution < 1.29 is 14.3 Å². The fourth-order valence-corrected chi connectivity index (χ4v) is 2.53. The van der Waals surface area contributed by atoms with Crippen molar-refractivity contribution in [1.82, 2.24) is 5.32 Å². The maximum Gasteiger partial charge on any atom is 0.248 e. The van der Waals surface area contributed by atoms with Crippen molar-refractivity contribution >= 4 is 28.8 Å². The number of halogens is 1. The van der Waals surface area contributed by atoms with E-state index in [1.54, 1.807) is 6.92 Å². The van der Waals surface area contributed by atoms with Gasteiger partial charge >= 0.3 is 0 Å². The highest BCUT2D eigenvalue weighted by atomic mass is 35.5. The van der Waals surface area contributed by atoms with Crippen LogP contribution in [0.15, 0.2) is 12.1 Å². The van der Waals surface area contributed by atoms with Crippen LogP contribution < -0.4 is 5.32 Å². The van der Waals surface area contributed by atoms with E-state index in [2.05, 4.69) is 5.32 Å². The Kier molecular flexibility index (Phi) is 8.05. The molecule has 1 heterocycles. The maximum absolute atomic E-state index is 11.7. The minimum Gasteiger partial charge on any atom is -0.379 e. The first-order valence-corrected chi connectivity index (χ1v) is 7.54. The van der Waals surface area contributed by atoms with Crippen LogP contribution in [-0.2, 0) is 20.7 Å². The highest BCUT2D eigenvalue weighted by molar-refractivity contribution is 7.16. The predicted octanol–water partition coefficient (Wildman–Crippen LogP) is 2.50. The Morgan fingerprint density at radius 3 is 2.89 bits per heavy atom. The van der Waals surface area contributed by atoms with Gasteiger partial charge in [-0.05, 0) is 32.4 Å².